The van der Waals surface area contributed by atoms with E-state index in [4.69, 9.17) is 9.84 Å². The van der Waals surface area contributed by atoms with Gasteiger partial charge in [0.25, 0.3) is 0 Å². The van der Waals surface area contributed by atoms with E-state index in [9.17, 15) is 9.59 Å². The van der Waals surface area contributed by atoms with Gasteiger partial charge in [-0.1, -0.05) is 0 Å². The standard InChI is InChI=1S/C13H22N2O4/c1-9-11(5-7-19-9)14-13(18)15-6-3-2-4-10(15)8-12(16)17/h9-11H,2-8H2,1H3,(H,14,18)(H,16,17). The van der Waals surface area contributed by atoms with Gasteiger partial charge in [-0.25, -0.2) is 4.79 Å². The highest BCUT2D eigenvalue weighted by molar-refractivity contribution is 5.76. The molecule has 0 bridgehead atoms. The number of piperidine rings is 1. The second kappa shape index (κ2) is 6.23. The molecule has 0 aliphatic carbocycles. The van der Waals surface area contributed by atoms with Crippen LogP contribution in [0.5, 0.6) is 0 Å². The molecular formula is C13H22N2O4. The molecule has 2 aliphatic heterocycles. The van der Waals surface area contributed by atoms with E-state index in [1.807, 2.05) is 6.92 Å². The van der Waals surface area contributed by atoms with Crippen molar-refractivity contribution in [1.82, 2.24) is 10.2 Å². The number of carboxylic acids is 1. The molecule has 6 heteroatoms. The van der Waals surface area contributed by atoms with E-state index >= 15 is 0 Å². The van der Waals surface area contributed by atoms with Gasteiger partial charge in [0, 0.05) is 19.2 Å². The van der Waals surface area contributed by atoms with Crippen molar-refractivity contribution in [3.05, 3.63) is 0 Å². The van der Waals surface area contributed by atoms with Crippen LogP contribution in [0.3, 0.4) is 0 Å². The van der Waals surface area contributed by atoms with Crippen molar-refractivity contribution in [1.29, 1.82) is 0 Å². The van der Waals surface area contributed by atoms with Crippen molar-refractivity contribution < 1.29 is 19.4 Å². The van der Waals surface area contributed by atoms with Crippen LogP contribution in [0.25, 0.3) is 0 Å². The molecular weight excluding hydrogens is 248 g/mol. The minimum Gasteiger partial charge on any atom is -0.481 e. The molecule has 19 heavy (non-hydrogen) atoms. The lowest BCUT2D eigenvalue weighted by atomic mass is 10.00. The van der Waals surface area contributed by atoms with Crippen LogP contribution in [0.1, 0.15) is 39.0 Å². The fourth-order valence-electron chi connectivity index (χ4n) is 2.84. The first kappa shape index (κ1) is 14.1. The molecule has 0 aromatic rings. The number of rotatable bonds is 3. The summed E-state index contributed by atoms with van der Waals surface area (Å²) in [4.78, 5) is 24.8. The summed E-state index contributed by atoms with van der Waals surface area (Å²) in [6.07, 6.45) is 3.60. The van der Waals surface area contributed by atoms with Crippen LogP contribution in [-0.4, -0.2) is 53.3 Å². The van der Waals surface area contributed by atoms with Crippen LogP contribution in [-0.2, 0) is 9.53 Å². The fraction of sp³-hybridized carbons (Fsp3) is 0.846. The first-order chi connectivity index (χ1) is 9.08. The molecule has 0 spiro atoms. The Hall–Kier alpha value is -1.30. The minimum atomic E-state index is -0.845. The number of nitrogens with zero attached hydrogens (tertiary/aromatic N) is 1. The number of carbonyl (C=O) groups excluding carboxylic acids is 1. The van der Waals surface area contributed by atoms with Gasteiger partial charge in [0.15, 0.2) is 0 Å². The van der Waals surface area contributed by atoms with Gasteiger partial charge < -0.3 is 20.1 Å². The fourth-order valence-corrected chi connectivity index (χ4v) is 2.84. The Morgan fingerprint density at radius 2 is 2.16 bits per heavy atom. The van der Waals surface area contributed by atoms with Crippen molar-refractivity contribution in [3.8, 4) is 0 Å². The zero-order valence-corrected chi connectivity index (χ0v) is 11.3. The normalized spacial score (nSPS) is 31.2. The molecule has 3 unspecified atom stereocenters. The van der Waals surface area contributed by atoms with Crippen LogP contribution in [0.15, 0.2) is 0 Å². The topological polar surface area (TPSA) is 78.9 Å². The van der Waals surface area contributed by atoms with Crippen LogP contribution in [0.2, 0.25) is 0 Å². The van der Waals surface area contributed by atoms with E-state index in [-0.39, 0.29) is 30.6 Å². The monoisotopic (exact) mass is 270 g/mol. The smallest absolute Gasteiger partial charge is 0.317 e. The van der Waals surface area contributed by atoms with Crippen LogP contribution < -0.4 is 5.32 Å². The second-order valence-corrected chi connectivity index (χ2v) is 5.36. The van der Waals surface area contributed by atoms with Gasteiger partial charge in [-0.15, -0.1) is 0 Å². The number of carboxylic acid groups (broad SMARTS) is 1. The lowest BCUT2D eigenvalue weighted by molar-refractivity contribution is -0.138. The van der Waals surface area contributed by atoms with Gasteiger partial charge in [-0.05, 0) is 32.6 Å². The van der Waals surface area contributed by atoms with E-state index in [1.54, 1.807) is 4.90 Å². The maximum Gasteiger partial charge on any atom is 0.317 e. The zero-order valence-electron chi connectivity index (χ0n) is 11.3. The van der Waals surface area contributed by atoms with Crippen molar-refractivity contribution in [3.63, 3.8) is 0 Å². The summed E-state index contributed by atoms with van der Waals surface area (Å²) >= 11 is 0. The number of amides is 2. The molecule has 2 heterocycles. The molecule has 2 amide bonds. The molecule has 0 aromatic carbocycles. The Labute approximate surface area is 113 Å². The highest BCUT2D eigenvalue weighted by atomic mass is 16.5. The van der Waals surface area contributed by atoms with Crippen molar-refractivity contribution in [2.75, 3.05) is 13.2 Å². The maximum absolute atomic E-state index is 12.3. The largest absolute Gasteiger partial charge is 0.481 e. The molecule has 0 radical (unpaired) electrons. The molecule has 3 atom stereocenters. The third-order valence-corrected chi connectivity index (χ3v) is 3.98. The summed E-state index contributed by atoms with van der Waals surface area (Å²) in [7, 11) is 0. The van der Waals surface area contributed by atoms with E-state index in [0.717, 1.165) is 25.7 Å². The Balaban J connectivity index is 1.93. The van der Waals surface area contributed by atoms with Crippen molar-refractivity contribution in [2.24, 2.45) is 0 Å². The Kier molecular flexibility index (Phi) is 4.63. The molecule has 0 saturated carbocycles. The van der Waals surface area contributed by atoms with Gasteiger partial charge in [-0.3, -0.25) is 4.79 Å². The number of nitrogens with one attached hydrogen (secondary N) is 1. The molecule has 108 valence electrons. The van der Waals surface area contributed by atoms with E-state index in [2.05, 4.69) is 5.32 Å². The van der Waals surface area contributed by atoms with E-state index in [0.29, 0.717) is 13.2 Å². The maximum atomic E-state index is 12.3. The van der Waals surface area contributed by atoms with Gasteiger partial charge in [-0.2, -0.15) is 0 Å². The summed E-state index contributed by atoms with van der Waals surface area (Å²) < 4.78 is 5.42. The van der Waals surface area contributed by atoms with Crippen LogP contribution in [0, 0.1) is 0 Å². The number of hydrogen-bond acceptors (Lipinski definition) is 3. The quantitative estimate of drug-likeness (QED) is 0.807. The number of urea groups is 1. The molecule has 2 aliphatic rings. The first-order valence-electron chi connectivity index (χ1n) is 6.98. The second-order valence-electron chi connectivity index (χ2n) is 5.36. The average molecular weight is 270 g/mol. The molecule has 2 saturated heterocycles. The van der Waals surface area contributed by atoms with Gasteiger partial charge >= 0.3 is 12.0 Å². The molecule has 2 fully saturated rings. The SMILES string of the molecule is CC1OCCC1NC(=O)N1CCCCC1CC(=O)O. The first-order valence-corrected chi connectivity index (χ1v) is 6.98. The molecule has 0 aromatic heterocycles. The minimum absolute atomic E-state index is 0.0319. The molecule has 2 rings (SSSR count). The van der Waals surface area contributed by atoms with E-state index < -0.39 is 5.97 Å². The summed E-state index contributed by atoms with van der Waals surface area (Å²) in [6.45, 7) is 3.26. The van der Waals surface area contributed by atoms with Crippen molar-refractivity contribution >= 4 is 12.0 Å². The third kappa shape index (κ3) is 3.59. The molecule has 2 N–H and O–H groups in total. The average Bonchev–Trinajstić information content (AvgIpc) is 2.75. The number of hydrogen-bond donors (Lipinski definition) is 2. The number of aliphatic carboxylic acids is 1. The zero-order chi connectivity index (χ0) is 13.8. The third-order valence-electron chi connectivity index (χ3n) is 3.98. The highest BCUT2D eigenvalue weighted by Gasteiger charge is 2.32. The van der Waals surface area contributed by atoms with Crippen molar-refractivity contribution in [2.45, 2.75) is 57.2 Å². The number of likely N-dealkylation sites (tertiary alicyclic amines) is 1. The Bertz CT molecular complexity index is 348. The predicted octanol–water partition coefficient (Wildman–Crippen LogP) is 1.20. The summed E-state index contributed by atoms with van der Waals surface area (Å²) in [5.41, 5.74) is 0. The summed E-state index contributed by atoms with van der Waals surface area (Å²) in [5.74, 6) is -0.845. The predicted molar refractivity (Wildman–Crippen MR) is 68.9 cm³/mol. The lowest BCUT2D eigenvalue weighted by Crippen LogP contribution is -2.52. The van der Waals surface area contributed by atoms with Crippen LogP contribution in [0.4, 0.5) is 4.79 Å². The summed E-state index contributed by atoms with van der Waals surface area (Å²) in [6, 6.07) is -0.280. The lowest BCUT2D eigenvalue weighted by Gasteiger charge is -2.36. The van der Waals surface area contributed by atoms with Crippen LogP contribution >= 0.6 is 0 Å². The Morgan fingerprint density at radius 1 is 1.37 bits per heavy atom. The Morgan fingerprint density at radius 3 is 2.79 bits per heavy atom. The summed E-state index contributed by atoms with van der Waals surface area (Å²) in [5, 5.41) is 11.9. The van der Waals surface area contributed by atoms with E-state index in [1.165, 1.54) is 0 Å². The molecule has 6 nitrogen and oxygen atoms in total. The van der Waals surface area contributed by atoms with Gasteiger partial charge in [0.05, 0.1) is 18.6 Å². The number of carbonyl (C=O) groups is 2. The van der Waals surface area contributed by atoms with Gasteiger partial charge in [0.2, 0.25) is 0 Å². The highest BCUT2D eigenvalue weighted by Crippen LogP contribution is 2.21. The number of ether oxygens (including phenoxy) is 1. The van der Waals surface area contributed by atoms with Gasteiger partial charge in [0.1, 0.15) is 0 Å².